The van der Waals surface area contributed by atoms with Crippen LogP contribution in [-0.2, 0) is 14.8 Å². The van der Waals surface area contributed by atoms with Crippen LogP contribution in [0.3, 0.4) is 0 Å². The maximum atomic E-state index is 15.3. The zero-order chi connectivity index (χ0) is 21.3. The Morgan fingerprint density at radius 1 is 1.10 bits per heavy atom. The number of carbonyl (C=O) groups excluding carboxylic acids is 1. The first-order valence-electron chi connectivity index (χ1n) is 9.38. The van der Waals surface area contributed by atoms with Crippen molar-refractivity contribution in [2.24, 2.45) is 0 Å². The van der Waals surface area contributed by atoms with Gasteiger partial charge in [0.1, 0.15) is 4.90 Å². The van der Waals surface area contributed by atoms with E-state index < -0.39 is 32.7 Å². The first-order chi connectivity index (χ1) is 13.6. The Labute approximate surface area is 170 Å². The average Bonchev–Trinajstić information content (AvgIpc) is 3.13. The van der Waals surface area contributed by atoms with Gasteiger partial charge in [-0.2, -0.15) is 0 Å². The number of anilines is 1. The Bertz CT molecular complexity index is 1060. The topological polar surface area (TPSA) is 84.5 Å². The highest BCUT2D eigenvalue weighted by molar-refractivity contribution is 7.89. The van der Waals surface area contributed by atoms with E-state index in [9.17, 15) is 13.2 Å². The van der Waals surface area contributed by atoms with E-state index in [4.69, 9.17) is 4.74 Å². The number of halogens is 1. The molecule has 0 bridgehead atoms. The molecule has 3 rings (SSSR count). The van der Waals surface area contributed by atoms with Crippen LogP contribution in [0.1, 0.15) is 39.0 Å². The van der Waals surface area contributed by atoms with Gasteiger partial charge in [0.25, 0.3) is 5.91 Å². The smallest absolute Gasteiger partial charge is 0.258 e. The van der Waals surface area contributed by atoms with E-state index in [-0.39, 0.29) is 12.2 Å². The minimum Gasteiger partial charge on any atom is -0.380 e. The van der Waals surface area contributed by atoms with E-state index in [1.165, 1.54) is 6.07 Å². The van der Waals surface area contributed by atoms with Gasteiger partial charge in [-0.05, 0) is 74.6 Å². The highest BCUT2D eigenvalue weighted by Gasteiger charge is 2.30. The lowest BCUT2D eigenvalue weighted by Crippen LogP contribution is -2.36. The molecule has 1 amide bonds. The number of rotatable bonds is 5. The molecule has 1 fully saturated rings. The molecule has 1 atom stereocenters. The fourth-order valence-electron chi connectivity index (χ4n) is 3.24. The number of sulfonamides is 1. The lowest BCUT2D eigenvalue weighted by atomic mass is 10.0. The number of aryl methyl sites for hydroxylation is 3. The molecule has 0 radical (unpaired) electrons. The molecule has 156 valence electrons. The van der Waals surface area contributed by atoms with E-state index in [2.05, 4.69) is 10.0 Å². The van der Waals surface area contributed by atoms with Gasteiger partial charge in [0.05, 0.1) is 12.2 Å². The fraction of sp³-hybridized carbons (Fsp3) is 0.381. The standard InChI is InChI=1S/C21H25FN2O4S/c1-12-5-6-16(9-13(12)2)23-21(25)19-15(4)14(3)10-18(20(19)22)29(26,27)24-17-7-8-28-11-17/h5-6,9-10,17,24H,7-8,11H2,1-4H3,(H,23,25)/t17-/m0/s1. The maximum Gasteiger partial charge on any atom is 0.258 e. The van der Waals surface area contributed by atoms with E-state index in [0.717, 1.165) is 11.1 Å². The number of hydrogen-bond acceptors (Lipinski definition) is 4. The Kier molecular flexibility index (Phi) is 6.07. The van der Waals surface area contributed by atoms with E-state index in [1.807, 2.05) is 19.9 Å². The Morgan fingerprint density at radius 2 is 1.83 bits per heavy atom. The maximum absolute atomic E-state index is 15.3. The predicted octanol–water partition coefficient (Wildman–Crippen LogP) is 3.38. The third kappa shape index (κ3) is 4.49. The minimum absolute atomic E-state index is 0.242. The molecule has 6 nitrogen and oxygen atoms in total. The summed E-state index contributed by atoms with van der Waals surface area (Å²) >= 11 is 0. The SMILES string of the molecule is Cc1ccc(NC(=O)c2c(C)c(C)cc(S(=O)(=O)N[C@H]3CCOC3)c2F)cc1C. The minimum atomic E-state index is -4.14. The van der Waals surface area contributed by atoms with Crippen molar-refractivity contribution in [1.82, 2.24) is 4.72 Å². The molecule has 0 unspecified atom stereocenters. The summed E-state index contributed by atoms with van der Waals surface area (Å²) in [4.78, 5) is 12.3. The molecule has 0 aliphatic carbocycles. The second-order valence-corrected chi connectivity index (χ2v) is 9.12. The van der Waals surface area contributed by atoms with Crippen molar-refractivity contribution >= 4 is 21.6 Å². The van der Waals surface area contributed by atoms with Gasteiger partial charge < -0.3 is 10.1 Å². The molecule has 1 heterocycles. The van der Waals surface area contributed by atoms with Crippen molar-refractivity contribution in [3.63, 3.8) is 0 Å². The number of amides is 1. The summed E-state index contributed by atoms with van der Waals surface area (Å²) in [6, 6.07) is 6.22. The summed E-state index contributed by atoms with van der Waals surface area (Å²) in [7, 11) is -4.14. The third-order valence-corrected chi connectivity index (χ3v) is 6.80. The van der Waals surface area contributed by atoms with E-state index >= 15 is 4.39 Å². The van der Waals surface area contributed by atoms with Crippen LogP contribution >= 0.6 is 0 Å². The highest BCUT2D eigenvalue weighted by atomic mass is 32.2. The van der Waals surface area contributed by atoms with E-state index in [1.54, 1.807) is 26.0 Å². The van der Waals surface area contributed by atoms with Crippen LogP contribution in [0, 0.1) is 33.5 Å². The fourth-order valence-corrected chi connectivity index (χ4v) is 4.66. The van der Waals surface area contributed by atoms with Gasteiger partial charge in [0, 0.05) is 18.3 Å². The van der Waals surface area contributed by atoms with Crippen LogP contribution < -0.4 is 10.0 Å². The van der Waals surface area contributed by atoms with Crippen LogP contribution in [0.15, 0.2) is 29.2 Å². The predicted molar refractivity (Wildman–Crippen MR) is 109 cm³/mol. The summed E-state index contributed by atoms with van der Waals surface area (Å²) < 4.78 is 48.4. The summed E-state index contributed by atoms with van der Waals surface area (Å²) in [6.07, 6.45) is 0.520. The normalized spacial score (nSPS) is 16.8. The second-order valence-electron chi connectivity index (χ2n) is 7.44. The van der Waals surface area contributed by atoms with Gasteiger partial charge in [-0.25, -0.2) is 17.5 Å². The van der Waals surface area contributed by atoms with Crippen LogP contribution in [-0.4, -0.2) is 33.6 Å². The Balaban J connectivity index is 1.98. The largest absolute Gasteiger partial charge is 0.380 e. The molecule has 1 saturated heterocycles. The molecule has 0 spiro atoms. The number of carbonyl (C=O) groups is 1. The average molecular weight is 421 g/mol. The molecule has 2 aromatic carbocycles. The molecule has 1 aliphatic heterocycles. The molecule has 0 saturated carbocycles. The number of ether oxygens (including phenoxy) is 1. The van der Waals surface area contributed by atoms with Crippen molar-refractivity contribution in [3.8, 4) is 0 Å². The zero-order valence-corrected chi connectivity index (χ0v) is 17.7. The molecule has 1 aliphatic rings. The Morgan fingerprint density at radius 3 is 2.45 bits per heavy atom. The molecular weight excluding hydrogens is 395 g/mol. The van der Waals surface area contributed by atoms with Crippen LogP contribution in [0.4, 0.5) is 10.1 Å². The first kappa shape index (κ1) is 21.4. The van der Waals surface area contributed by atoms with Gasteiger partial charge in [-0.1, -0.05) is 6.07 Å². The highest BCUT2D eigenvalue weighted by Crippen LogP contribution is 2.27. The Hall–Kier alpha value is -2.29. The lowest BCUT2D eigenvalue weighted by molar-refractivity contribution is 0.102. The number of hydrogen-bond donors (Lipinski definition) is 2. The monoisotopic (exact) mass is 420 g/mol. The van der Waals surface area contributed by atoms with Gasteiger partial charge >= 0.3 is 0 Å². The first-order valence-corrected chi connectivity index (χ1v) is 10.9. The molecule has 2 aromatic rings. The van der Waals surface area contributed by atoms with Crippen LogP contribution in [0.2, 0.25) is 0 Å². The summed E-state index contributed by atoms with van der Waals surface area (Å²) in [5.41, 5.74) is 3.20. The molecular formula is C21H25FN2O4S. The van der Waals surface area contributed by atoms with Gasteiger partial charge in [-0.3, -0.25) is 4.79 Å². The van der Waals surface area contributed by atoms with Gasteiger partial charge in [0.2, 0.25) is 10.0 Å². The number of benzene rings is 2. The lowest BCUT2D eigenvalue weighted by Gasteiger charge is -2.17. The zero-order valence-electron chi connectivity index (χ0n) is 16.9. The van der Waals surface area contributed by atoms with Crippen molar-refractivity contribution in [3.05, 3.63) is 57.9 Å². The van der Waals surface area contributed by atoms with Gasteiger partial charge in [0.15, 0.2) is 5.82 Å². The summed E-state index contributed by atoms with van der Waals surface area (Å²) in [5, 5.41) is 2.67. The molecule has 29 heavy (non-hydrogen) atoms. The summed E-state index contributed by atoms with van der Waals surface area (Å²) in [5.74, 6) is -1.74. The quantitative estimate of drug-likeness (QED) is 0.777. The molecule has 2 N–H and O–H groups in total. The van der Waals surface area contributed by atoms with E-state index in [0.29, 0.717) is 29.8 Å². The van der Waals surface area contributed by atoms with Crippen molar-refractivity contribution < 1.29 is 22.3 Å². The van der Waals surface area contributed by atoms with Crippen molar-refractivity contribution in [1.29, 1.82) is 0 Å². The van der Waals surface area contributed by atoms with Crippen molar-refractivity contribution in [2.75, 3.05) is 18.5 Å². The molecule has 8 heteroatoms. The molecule has 0 aromatic heterocycles. The van der Waals surface area contributed by atoms with Crippen molar-refractivity contribution in [2.45, 2.75) is 45.1 Å². The van der Waals surface area contributed by atoms with Crippen LogP contribution in [0.5, 0.6) is 0 Å². The third-order valence-electron chi connectivity index (χ3n) is 5.28. The second kappa shape index (κ2) is 8.22. The summed E-state index contributed by atoms with van der Waals surface area (Å²) in [6.45, 7) is 7.80. The van der Waals surface area contributed by atoms with Gasteiger partial charge in [-0.15, -0.1) is 0 Å². The van der Waals surface area contributed by atoms with Crippen LogP contribution in [0.25, 0.3) is 0 Å². The number of nitrogens with one attached hydrogen (secondary N) is 2.